The molecule has 0 aliphatic heterocycles. The Bertz CT molecular complexity index is 898. The molecule has 8 nitrogen and oxygen atoms in total. The number of benzene rings is 1. The number of hydrogen-bond acceptors (Lipinski definition) is 7. The molecule has 0 fully saturated rings. The minimum atomic E-state index is -0.124. The predicted octanol–water partition coefficient (Wildman–Crippen LogP) is 1.87. The van der Waals surface area contributed by atoms with Crippen LogP contribution in [0.1, 0.15) is 12.8 Å². The van der Waals surface area contributed by atoms with Crippen LogP contribution < -0.4 is 15.0 Å². The van der Waals surface area contributed by atoms with Crippen molar-refractivity contribution in [1.29, 1.82) is 0 Å². The van der Waals surface area contributed by atoms with Gasteiger partial charge in [-0.2, -0.15) is 0 Å². The Morgan fingerprint density at radius 1 is 1.24 bits per heavy atom. The molecular weight excluding hydrogens is 392 g/mol. The first-order valence-corrected chi connectivity index (χ1v) is 10.3. The number of carbonyl (C=O) groups is 1. The van der Waals surface area contributed by atoms with Gasteiger partial charge in [-0.1, -0.05) is 18.2 Å². The number of amides is 1. The molecule has 3 rings (SSSR count). The van der Waals surface area contributed by atoms with Gasteiger partial charge in [0.2, 0.25) is 0 Å². The zero-order valence-electron chi connectivity index (χ0n) is 16.5. The Labute approximate surface area is 173 Å². The molecule has 0 saturated carbocycles. The van der Waals surface area contributed by atoms with E-state index in [2.05, 4.69) is 15.5 Å². The number of aromatic nitrogens is 2. The van der Waals surface area contributed by atoms with Crippen molar-refractivity contribution in [2.45, 2.75) is 13.5 Å². The summed E-state index contributed by atoms with van der Waals surface area (Å²) < 4.78 is 16.5. The summed E-state index contributed by atoms with van der Waals surface area (Å²) in [4.78, 5) is 14.5. The van der Waals surface area contributed by atoms with Gasteiger partial charge in [-0.25, -0.2) is 0 Å². The van der Waals surface area contributed by atoms with Gasteiger partial charge < -0.3 is 24.1 Å². The highest BCUT2D eigenvalue weighted by molar-refractivity contribution is 7.13. The molecule has 2 aromatic heterocycles. The zero-order valence-corrected chi connectivity index (χ0v) is 17.3. The number of carbonyl (C=O) groups excluding carboxylic acids is 1. The van der Waals surface area contributed by atoms with Gasteiger partial charge in [0.25, 0.3) is 17.7 Å². The maximum absolute atomic E-state index is 12.6. The largest absolute Gasteiger partial charge is 0.492 e. The Morgan fingerprint density at radius 3 is 2.86 bits per heavy atom. The summed E-state index contributed by atoms with van der Waals surface area (Å²) in [5.74, 6) is 1.51. The van der Waals surface area contributed by atoms with Crippen LogP contribution in [0.15, 0.2) is 46.2 Å². The molecule has 0 aliphatic rings. The molecule has 0 saturated heterocycles. The molecule has 9 heteroatoms. The number of nitrogens with one attached hydrogen (secondary N) is 2. The molecule has 154 valence electrons. The Balaban J connectivity index is 1.63. The van der Waals surface area contributed by atoms with Crippen molar-refractivity contribution in [2.24, 2.45) is 0 Å². The maximum Gasteiger partial charge on any atom is 0.279 e. The number of para-hydroxylation sites is 2. The van der Waals surface area contributed by atoms with Gasteiger partial charge in [0.1, 0.15) is 12.3 Å². The Morgan fingerprint density at radius 2 is 2.10 bits per heavy atom. The van der Waals surface area contributed by atoms with E-state index < -0.39 is 0 Å². The SMILES string of the molecule is CCOc1ccccc1NC(=O)C[NH+](CCOC)Cc1nnc(-c2cccs2)o1. The predicted molar refractivity (Wildman–Crippen MR) is 110 cm³/mol. The summed E-state index contributed by atoms with van der Waals surface area (Å²) in [7, 11) is 1.64. The lowest BCUT2D eigenvalue weighted by molar-refractivity contribution is -0.907. The zero-order chi connectivity index (χ0) is 20.5. The molecule has 1 atom stereocenters. The minimum Gasteiger partial charge on any atom is -0.492 e. The smallest absolute Gasteiger partial charge is 0.279 e. The van der Waals surface area contributed by atoms with Crippen LogP contribution in [0.5, 0.6) is 5.75 Å². The molecule has 0 radical (unpaired) electrons. The van der Waals surface area contributed by atoms with Crippen molar-refractivity contribution < 1.29 is 23.6 Å². The fraction of sp³-hybridized carbons (Fsp3) is 0.350. The van der Waals surface area contributed by atoms with Crippen LogP contribution in [0, 0.1) is 0 Å². The number of rotatable bonds is 11. The fourth-order valence-corrected chi connectivity index (χ4v) is 3.44. The molecule has 1 unspecified atom stereocenters. The number of methoxy groups -OCH3 is 1. The van der Waals surface area contributed by atoms with Gasteiger partial charge in [-0.3, -0.25) is 4.79 Å². The molecule has 0 bridgehead atoms. The fourth-order valence-electron chi connectivity index (χ4n) is 2.80. The van der Waals surface area contributed by atoms with E-state index in [1.165, 1.54) is 0 Å². The molecule has 1 amide bonds. The highest BCUT2D eigenvalue weighted by Crippen LogP contribution is 2.24. The molecule has 3 aromatic rings. The highest BCUT2D eigenvalue weighted by Gasteiger charge is 2.20. The van der Waals surface area contributed by atoms with Crippen LogP contribution >= 0.6 is 11.3 Å². The number of anilines is 1. The standard InChI is InChI=1S/C20H24N4O4S/c1-3-27-16-8-5-4-7-15(16)21-18(25)13-24(10-11-26-2)14-19-22-23-20(28-19)17-9-6-12-29-17/h4-9,12H,3,10-11,13-14H2,1-2H3,(H,21,25)/p+1. The lowest BCUT2D eigenvalue weighted by Gasteiger charge is -2.17. The molecular formula is C20H25N4O4S+. The van der Waals surface area contributed by atoms with Crippen LogP contribution in [0.3, 0.4) is 0 Å². The van der Waals surface area contributed by atoms with Crippen molar-refractivity contribution in [3.63, 3.8) is 0 Å². The second-order valence-corrected chi connectivity index (χ2v) is 7.25. The monoisotopic (exact) mass is 417 g/mol. The van der Waals surface area contributed by atoms with Gasteiger partial charge >= 0.3 is 0 Å². The van der Waals surface area contributed by atoms with Crippen molar-refractivity contribution in [3.8, 4) is 16.5 Å². The van der Waals surface area contributed by atoms with Crippen molar-refractivity contribution >= 4 is 22.9 Å². The van der Waals surface area contributed by atoms with Crippen molar-refractivity contribution in [2.75, 3.05) is 38.7 Å². The number of ether oxygens (including phenoxy) is 2. The van der Waals surface area contributed by atoms with Gasteiger partial charge in [0.15, 0.2) is 13.1 Å². The van der Waals surface area contributed by atoms with E-state index in [4.69, 9.17) is 13.9 Å². The van der Waals surface area contributed by atoms with Crippen molar-refractivity contribution in [3.05, 3.63) is 47.7 Å². The van der Waals surface area contributed by atoms with Gasteiger partial charge in [-0.05, 0) is 30.5 Å². The van der Waals surface area contributed by atoms with E-state index >= 15 is 0 Å². The number of nitrogens with zero attached hydrogens (tertiary/aromatic N) is 2. The van der Waals surface area contributed by atoms with Crippen LogP contribution in [-0.4, -0.2) is 49.5 Å². The van der Waals surface area contributed by atoms with E-state index in [1.54, 1.807) is 18.4 Å². The highest BCUT2D eigenvalue weighted by atomic mass is 32.1. The minimum absolute atomic E-state index is 0.124. The summed E-state index contributed by atoms with van der Waals surface area (Å²) in [5, 5.41) is 13.1. The third-order valence-electron chi connectivity index (χ3n) is 4.13. The van der Waals surface area contributed by atoms with Crippen LogP contribution in [0.25, 0.3) is 10.8 Å². The molecule has 29 heavy (non-hydrogen) atoms. The Hall–Kier alpha value is -2.75. The summed E-state index contributed by atoms with van der Waals surface area (Å²) in [5.41, 5.74) is 0.656. The second-order valence-electron chi connectivity index (χ2n) is 6.30. The summed E-state index contributed by atoms with van der Waals surface area (Å²) >= 11 is 1.54. The lowest BCUT2D eigenvalue weighted by Crippen LogP contribution is -3.12. The summed E-state index contributed by atoms with van der Waals surface area (Å²) in [6.45, 7) is 4.26. The molecule has 2 heterocycles. The number of quaternary nitrogens is 1. The lowest BCUT2D eigenvalue weighted by atomic mass is 10.3. The molecule has 1 aromatic carbocycles. The van der Waals surface area contributed by atoms with Crippen LogP contribution in [0.2, 0.25) is 0 Å². The first-order chi connectivity index (χ1) is 14.2. The van der Waals surface area contributed by atoms with Crippen LogP contribution in [-0.2, 0) is 16.1 Å². The molecule has 0 spiro atoms. The normalized spacial score (nSPS) is 11.9. The van der Waals surface area contributed by atoms with E-state index in [-0.39, 0.29) is 12.5 Å². The third-order valence-corrected chi connectivity index (χ3v) is 4.99. The summed E-state index contributed by atoms with van der Waals surface area (Å²) in [6.07, 6.45) is 0. The average molecular weight is 418 g/mol. The van der Waals surface area contributed by atoms with E-state index in [0.29, 0.717) is 49.5 Å². The first-order valence-electron chi connectivity index (χ1n) is 9.40. The van der Waals surface area contributed by atoms with Gasteiger partial charge in [0.05, 0.1) is 23.8 Å². The number of thiophene rings is 1. The van der Waals surface area contributed by atoms with Gasteiger partial charge in [-0.15, -0.1) is 21.5 Å². The van der Waals surface area contributed by atoms with Gasteiger partial charge in [0, 0.05) is 7.11 Å². The molecule has 2 N–H and O–H groups in total. The average Bonchev–Trinajstić information content (AvgIpc) is 3.39. The quantitative estimate of drug-likeness (QED) is 0.495. The number of hydrogen-bond donors (Lipinski definition) is 2. The summed E-state index contributed by atoms with van der Waals surface area (Å²) in [6, 6.07) is 11.3. The third kappa shape index (κ3) is 6.11. The topological polar surface area (TPSA) is 90.9 Å². The van der Waals surface area contributed by atoms with E-state index in [0.717, 1.165) is 9.78 Å². The van der Waals surface area contributed by atoms with E-state index in [9.17, 15) is 4.79 Å². The Kier molecular flexibility index (Phi) is 7.74. The maximum atomic E-state index is 12.6. The first kappa shape index (κ1) is 21.0. The van der Waals surface area contributed by atoms with Crippen LogP contribution in [0.4, 0.5) is 5.69 Å². The van der Waals surface area contributed by atoms with E-state index in [1.807, 2.05) is 48.7 Å². The molecule has 0 aliphatic carbocycles. The second kappa shape index (κ2) is 10.7. The van der Waals surface area contributed by atoms with Crippen molar-refractivity contribution in [1.82, 2.24) is 10.2 Å².